The zero-order valence-electron chi connectivity index (χ0n) is 18.2. The Morgan fingerprint density at radius 1 is 0.743 bits per heavy atom. The van der Waals surface area contributed by atoms with Crippen LogP contribution in [0.4, 0.5) is 11.4 Å². The van der Waals surface area contributed by atoms with E-state index in [-0.39, 0.29) is 27.4 Å². The lowest BCUT2D eigenvalue weighted by Crippen LogP contribution is -2.16. The number of carbonyl (C=O) groups excluding carboxylic acids is 1. The fourth-order valence-corrected chi connectivity index (χ4v) is 4.31. The van der Waals surface area contributed by atoms with Gasteiger partial charge in [0.2, 0.25) is 0 Å². The molecule has 8 nitrogen and oxygen atoms in total. The highest BCUT2D eigenvalue weighted by molar-refractivity contribution is 7.92. The van der Waals surface area contributed by atoms with Gasteiger partial charge in [-0.15, -0.1) is 0 Å². The molecule has 0 saturated heterocycles. The number of rotatable bonds is 8. The smallest absolute Gasteiger partial charge is 0.335 e. The summed E-state index contributed by atoms with van der Waals surface area (Å²) in [7, 11) is -4.06. The van der Waals surface area contributed by atoms with Crippen LogP contribution in [0, 0.1) is 0 Å². The Bertz CT molecular complexity index is 1490. The van der Waals surface area contributed by atoms with Gasteiger partial charge in [0.05, 0.1) is 16.1 Å². The first-order valence-electron chi connectivity index (χ1n) is 10.4. The number of para-hydroxylation sites is 3. The van der Waals surface area contributed by atoms with Crippen LogP contribution in [0.25, 0.3) is 0 Å². The molecule has 0 bridgehead atoms. The van der Waals surface area contributed by atoms with E-state index >= 15 is 0 Å². The Morgan fingerprint density at radius 3 is 2.20 bits per heavy atom. The average molecular weight is 489 g/mol. The van der Waals surface area contributed by atoms with E-state index in [9.17, 15) is 18.0 Å². The molecule has 1 amide bonds. The summed E-state index contributed by atoms with van der Waals surface area (Å²) in [5.41, 5.74) is 0.604. The summed E-state index contributed by atoms with van der Waals surface area (Å²) in [6, 6.07) is 26.8. The number of carboxylic acids is 1. The molecule has 0 aliphatic heterocycles. The molecule has 176 valence electrons. The zero-order valence-corrected chi connectivity index (χ0v) is 19.0. The maximum absolute atomic E-state index is 13.1. The molecule has 0 spiro atoms. The van der Waals surface area contributed by atoms with Gasteiger partial charge in [-0.2, -0.15) is 0 Å². The molecule has 0 aliphatic carbocycles. The number of benzene rings is 4. The first-order chi connectivity index (χ1) is 16.8. The minimum atomic E-state index is -4.06. The minimum absolute atomic E-state index is 0.0136. The molecule has 0 fully saturated rings. The van der Waals surface area contributed by atoms with Gasteiger partial charge >= 0.3 is 5.97 Å². The van der Waals surface area contributed by atoms with Crippen LogP contribution in [-0.4, -0.2) is 25.4 Å². The third-order valence-electron chi connectivity index (χ3n) is 4.88. The van der Waals surface area contributed by atoms with E-state index in [4.69, 9.17) is 9.84 Å². The van der Waals surface area contributed by atoms with Crippen LogP contribution in [0.3, 0.4) is 0 Å². The molecule has 35 heavy (non-hydrogen) atoms. The molecule has 4 aromatic rings. The number of carbonyl (C=O) groups is 2. The van der Waals surface area contributed by atoms with E-state index in [0.29, 0.717) is 11.5 Å². The van der Waals surface area contributed by atoms with Gasteiger partial charge in [-0.1, -0.05) is 42.5 Å². The second-order valence-corrected chi connectivity index (χ2v) is 9.07. The summed E-state index contributed by atoms with van der Waals surface area (Å²) in [6.07, 6.45) is 0. The lowest BCUT2D eigenvalue weighted by atomic mass is 10.2. The Morgan fingerprint density at radius 2 is 1.43 bits per heavy atom. The third-order valence-corrected chi connectivity index (χ3v) is 6.24. The molecule has 0 unspecified atom stereocenters. The van der Waals surface area contributed by atoms with Gasteiger partial charge in [0, 0.05) is 11.3 Å². The number of anilines is 2. The van der Waals surface area contributed by atoms with Gasteiger partial charge < -0.3 is 15.2 Å². The average Bonchev–Trinajstić information content (AvgIpc) is 2.86. The van der Waals surface area contributed by atoms with Crippen molar-refractivity contribution >= 4 is 33.3 Å². The van der Waals surface area contributed by atoms with Crippen LogP contribution in [0.15, 0.2) is 108 Å². The highest BCUT2D eigenvalue weighted by Gasteiger charge is 2.19. The number of nitrogens with one attached hydrogen (secondary N) is 2. The van der Waals surface area contributed by atoms with E-state index in [1.807, 2.05) is 6.07 Å². The second kappa shape index (κ2) is 10.1. The topological polar surface area (TPSA) is 122 Å². The van der Waals surface area contributed by atoms with E-state index in [2.05, 4.69) is 10.0 Å². The lowest BCUT2D eigenvalue weighted by molar-refractivity contribution is 0.0696. The van der Waals surface area contributed by atoms with Crippen molar-refractivity contribution in [2.75, 3.05) is 10.0 Å². The maximum Gasteiger partial charge on any atom is 0.335 e. The normalized spacial score (nSPS) is 10.9. The molecule has 0 aromatic heterocycles. The molecule has 0 atom stereocenters. The van der Waals surface area contributed by atoms with Crippen LogP contribution in [-0.2, 0) is 10.0 Å². The minimum Gasteiger partial charge on any atom is -0.478 e. The summed E-state index contributed by atoms with van der Waals surface area (Å²) in [5, 5.41) is 11.7. The second-order valence-electron chi connectivity index (χ2n) is 7.38. The van der Waals surface area contributed by atoms with Crippen LogP contribution in [0.5, 0.6) is 11.5 Å². The van der Waals surface area contributed by atoms with E-state index < -0.39 is 21.9 Å². The molecule has 0 saturated carbocycles. The Hall–Kier alpha value is -4.63. The number of carboxylic acid groups (broad SMARTS) is 1. The predicted molar refractivity (Wildman–Crippen MR) is 132 cm³/mol. The van der Waals surface area contributed by atoms with E-state index in [0.717, 1.165) is 0 Å². The maximum atomic E-state index is 13.1. The molecule has 0 aliphatic rings. The zero-order chi connectivity index (χ0) is 24.8. The fraction of sp³-hybridized carbons (Fsp3) is 0. The van der Waals surface area contributed by atoms with Gasteiger partial charge in [0.15, 0.2) is 5.75 Å². The number of ether oxygens (including phenoxy) is 1. The molecule has 4 aromatic carbocycles. The van der Waals surface area contributed by atoms with E-state index in [1.54, 1.807) is 48.5 Å². The SMILES string of the molecule is O=C(O)c1cccc(NC(=O)c2cccc(S(=O)(=O)Nc3ccccc3Oc3ccccc3)c2)c1. The number of aromatic carboxylic acids is 1. The highest BCUT2D eigenvalue weighted by Crippen LogP contribution is 2.31. The Labute approximate surface area is 201 Å². The summed E-state index contributed by atoms with van der Waals surface area (Å²) in [5.74, 6) is -0.853. The van der Waals surface area contributed by atoms with Crippen LogP contribution < -0.4 is 14.8 Å². The third kappa shape index (κ3) is 5.84. The Balaban J connectivity index is 1.55. The van der Waals surface area contributed by atoms with Crippen molar-refractivity contribution in [1.82, 2.24) is 0 Å². The Kier molecular flexibility index (Phi) is 6.79. The highest BCUT2D eigenvalue weighted by atomic mass is 32.2. The fourth-order valence-electron chi connectivity index (χ4n) is 3.20. The van der Waals surface area contributed by atoms with Gasteiger partial charge in [-0.3, -0.25) is 9.52 Å². The summed E-state index contributed by atoms with van der Waals surface area (Å²) in [4.78, 5) is 23.7. The first-order valence-corrected chi connectivity index (χ1v) is 11.9. The van der Waals surface area contributed by atoms with Crippen molar-refractivity contribution < 1.29 is 27.9 Å². The largest absolute Gasteiger partial charge is 0.478 e. The number of amides is 1. The van der Waals surface area contributed by atoms with Gasteiger partial charge in [-0.25, -0.2) is 13.2 Å². The lowest BCUT2D eigenvalue weighted by Gasteiger charge is -2.14. The molecule has 4 rings (SSSR count). The van der Waals surface area contributed by atoms with Gasteiger partial charge in [0.25, 0.3) is 15.9 Å². The molecule has 0 radical (unpaired) electrons. The van der Waals surface area contributed by atoms with Crippen molar-refractivity contribution in [3.05, 3.63) is 114 Å². The molecule has 9 heteroatoms. The van der Waals surface area contributed by atoms with Crippen molar-refractivity contribution in [2.24, 2.45) is 0 Å². The molecular weight excluding hydrogens is 468 g/mol. The van der Waals surface area contributed by atoms with Gasteiger partial charge in [-0.05, 0) is 60.7 Å². The standard InChI is InChI=1S/C26H20N2O6S/c29-25(27-20-10-6-9-19(16-20)26(30)31)18-8-7-13-22(17-18)35(32,33)28-23-14-4-5-15-24(23)34-21-11-2-1-3-12-21/h1-17,28H,(H,27,29)(H,30,31). The quantitative estimate of drug-likeness (QED) is 0.312. The summed E-state index contributed by atoms with van der Waals surface area (Å²) < 4.78 is 34.5. The number of sulfonamides is 1. The first kappa shape index (κ1) is 23.5. The predicted octanol–water partition coefficient (Wildman–Crippen LogP) is 5.23. The summed E-state index contributed by atoms with van der Waals surface area (Å²) >= 11 is 0. The monoisotopic (exact) mass is 488 g/mol. The van der Waals surface area contributed by atoms with Crippen LogP contribution in [0.2, 0.25) is 0 Å². The van der Waals surface area contributed by atoms with Crippen molar-refractivity contribution in [1.29, 1.82) is 0 Å². The molecule has 0 heterocycles. The van der Waals surface area contributed by atoms with Crippen molar-refractivity contribution in [2.45, 2.75) is 4.90 Å². The molecular formula is C26H20N2O6S. The summed E-state index contributed by atoms with van der Waals surface area (Å²) in [6.45, 7) is 0. The molecule has 3 N–H and O–H groups in total. The van der Waals surface area contributed by atoms with Crippen molar-refractivity contribution in [3.8, 4) is 11.5 Å². The van der Waals surface area contributed by atoms with Gasteiger partial charge in [0.1, 0.15) is 5.75 Å². The number of hydrogen-bond donors (Lipinski definition) is 3. The van der Waals surface area contributed by atoms with Crippen molar-refractivity contribution in [3.63, 3.8) is 0 Å². The van der Waals surface area contributed by atoms with Crippen LogP contribution in [0.1, 0.15) is 20.7 Å². The van der Waals surface area contributed by atoms with Crippen LogP contribution >= 0.6 is 0 Å². The number of hydrogen-bond acceptors (Lipinski definition) is 5. The van der Waals surface area contributed by atoms with E-state index in [1.165, 1.54) is 48.5 Å².